The Kier molecular flexibility index (Phi) is 5.49. The van der Waals surface area contributed by atoms with Gasteiger partial charge in [0.25, 0.3) is 0 Å². The molecule has 2 aliphatic rings. The highest BCUT2D eigenvalue weighted by Gasteiger charge is 2.53. The molecule has 0 spiro atoms. The molecular weight excluding hydrogens is 377 g/mol. The van der Waals surface area contributed by atoms with Gasteiger partial charge in [-0.3, -0.25) is 0 Å². The van der Waals surface area contributed by atoms with Gasteiger partial charge in [-0.15, -0.1) is 11.3 Å². The average Bonchev–Trinajstić information content (AvgIpc) is 3.03. The van der Waals surface area contributed by atoms with Gasteiger partial charge in [-0.1, -0.05) is 0 Å². The highest BCUT2D eigenvalue weighted by molar-refractivity contribution is 7.16. The Morgan fingerprint density at radius 1 is 1.11 bits per heavy atom. The summed E-state index contributed by atoms with van der Waals surface area (Å²) in [6.07, 6.45) is -0.250. The molecule has 156 valence electrons. The van der Waals surface area contributed by atoms with E-state index < -0.39 is 12.7 Å². The molecule has 2 fully saturated rings. The van der Waals surface area contributed by atoms with Crippen LogP contribution in [0.5, 0.6) is 0 Å². The molecule has 2 saturated heterocycles. The van der Waals surface area contributed by atoms with Crippen molar-refractivity contribution in [3.05, 3.63) is 4.88 Å². The van der Waals surface area contributed by atoms with Crippen LogP contribution < -0.4 is 10.5 Å². The second-order valence-corrected chi connectivity index (χ2v) is 10.7. The molecule has 0 radical (unpaired) electrons. The highest BCUT2D eigenvalue weighted by Crippen LogP contribution is 2.37. The third kappa shape index (κ3) is 4.31. The van der Waals surface area contributed by atoms with Crippen LogP contribution in [0.15, 0.2) is 0 Å². The van der Waals surface area contributed by atoms with Crippen LogP contribution in [0.1, 0.15) is 53.3 Å². The Labute approximate surface area is 172 Å². The van der Waals surface area contributed by atoms with Crippen molar-refractivity contribution < 1.29 is 18.8 Å². The van der Waals surface area contributed by atoms with Gasteiger partial charge < -0.3 is 23.8 Å². The number of carbonyl (C=O) groups is 1. The summed E-state index contributed by atoms with van der Waals surface area (Å²) in [6, 6.07) is 0. The van der Waals surface area contributed by atoms with Crippen LogP contribution in [0.25, 0.3) is 0 Å². The summed E-state index contributed by atoms with van der Waals surface area (Å²) in [5.74, 6) is 0. The molecule has 1 aromatic rings. The van der Waals surface area contributed by atoms with Crippen molar-refractivity contribution in [2.75, 3.05) is 31.1 Å². The number of hydrogen-bond donors (Lipinski definition) is 0. The number of anilines is 1. The summed E-state index contributed by atoms with van der Waals surface area (Å²) in [6.45, 7) is 18.6. The van der Waals surface area contributed by atoms with Gasteiger partial charge in [-0.2, -0.15) is 0 Å². The van der Waals surface area contributed by atoms with Crippen molar-refractivity contribution in [2.45, 2.75) is 72.2 Å². The van der Waals surface area contributed by atoms with Crippen molar-refractivity contribution in [1.82, 2.24) is 9.88 Å². The predicted molar refractivity (Wildman–Crippen MR) is 113 cm³/mol. The highest BCUT2D eigenvalue weighted by atomic mass is 32.1. The number of carbonyl (C=O) groups excluding carboxylic acids is 1. The molecule has 0 aliphatic carbocycles. The number of piperazine rings is 1. The van der Waals surface area contributed by atoms with Crippen LogP contribution in [-0.4, -0.2) is 66.1 Å². The van der Waals surface area contributed by atoms with Gasteiger partial charge in [0.15, 0.2) is 5.13 Å². The molecule has 28 heavy (non-hydrogen) atoms. The molecule has 3 rings (SSSR count). The lowest BCUT2D eigenvalue weighted by molar-refractivity contribution is 0.00578. The maximum atomic E-state index is 12.3. The molecule has 1 amide bonds. The maximum absolute atomic E-state index is 12.3. The number of ether oxygens (including phenoxy) is 1. The molecule has 0 N–H and O–H groups in total. The fourth-order valence-electron chi connectivity index (χ4n) is 3.11. The number of nitrogens with zero attached hydrogens (tertiary/aromatic N) is 3. The SMILES string of the molecule is Cc1sc(N2CCN(C(=O)OC(C)(C)C)CC2)nc1B1OC(C)(C)C(C)(C)O1. The van der Waals surface area contributed by atoms with Crippen molar-refractivity contribution >= 4 is 35.3 Å². The lowest BCUT2D eigenvalue weighted by Gasteiger charge is -2.35. The summed E-state index contributed by atoms with van der Waals surface area (Å²) in [5, 5.41) is 0.950. The van der Waals surface area contributed by atoms with Crippen LogP contribution in [0.3, 0.4) is 0 Å². The Morgan fingerprint density at radius 3 is 2.14 bits per heavy atom. The zero-order valence-electron chi connectivity index (χ0n) is 18.3. The molecule has 9 heteroatoms. The standard InChI is InChI=1S/C19H32BN3O4S/c1-13-14(20-26-18(5,6)19(7,8)27-20)21-15(28-13)22-9-11-23(12-10-22)16(24)25-17(2,3)4/h9-12H2,1-8H3. The number of amides is 1. The van der Waals surface area contributed by atoms with E-state index in [-0.39, 0.29) is 17.3 Å². The van der Waals surface area contributed by atoms with Crippen LogP contribution in [-0.2, 0) is 14.0 Å². The summed E-state index contributed by atoms with van der Waals surface area (Å²) in [5.41, 5.74) is -0.383. The minimum Gasteiger partial charge on any atom is -0.444 e. The maximum Gasteiger partial charge on any atom is 0.515 e. The Balaban J connectivity index is 1.64. The van der Waals surface area contributed by atoms with Gasteiger partial charge in [-0.05, 0) is 55.4 Å². The normalized spacial score (nSPS) is 21.9. The van der Waals surface area contributed by atoms with E-state index in [0.717, 1.165) is 28.7 Å². The molecule has 0 bridgehead atoms. The number of aryl methyl sites for hydroxylation is 1. The topological polar surface area (TPSA) is 64.1 Å². The van der Waals surface area contributed by atoms with Crippen LogP contribution in [0.4, 0.5) is 9.93 Å². The fourth-order valence-corrected chi connectivity index (χ4v) is 4.09. The summed E-state index contributed by atoms with van der Waals surface area (Å²) < 4.78 is 17.8. The molecule has 0 saturated carbocycles. The zero-order valence-corrected chi connectivity index (χ0v) is 19.1. The molecule has 1 aromatic heterocycles. The molecule has 7 nitrogen and oxygen atoms in total. The lowest BCUT2D eigenvalue weighted by Crippen LogP contribution is -2.50. The van der Waals surface area contributed by atoms with Crippen LogP contribution in [0.2, 0.25) is 0 Å². The van der Waals surface area contributed by atoms with E-state index in [1.165, 1.54) is 0 Å². The average molecular weight is 409 g/mol. The summed E-state index contributed by atoms with van der Waals surface area (Å²) >= 11 is 1.65. The van der Waals surface area contributed by atoms with E-state index in [1.807, 2.05) is 48.5 Å². The molecule has 0 aromatic carbocycles. The van der Waals surface area contributed by atoms with E-state index in [9.17, 15) is 4.79 Å². The van der Waals surface area contributed by atoms with Crippen LogP contribution >= 0.6 is 11.3 Å². The zero-order chi connectivity index (χ0) is 20.9. The van der Waals surface area contributed by atoms with Gasteiger partial charge in [0.05, 0.1) is 16.8 Å². The predicted octanol–water partition coefficient (Wildman–Crippen LogP) is 2.81. The van der Waals surface area contributed by atoms with Crippen molar-refractivity contribution in [3.8, 4) is 0 Å². The van der Waals surface area contributed by atoms with E-state index in [0.29, 0.717) is 13.1 Å². The van der Waals surface area contributed by atoms with Gasteiger partial charge in [0, 0.05) is 31.1 Å². The number of hydrogen-bond acceptors (Lipinski definition) is 7. The summed E-state index contributed by atoms with van der Waals surface area (Å²) in [7, 11) is -0.446. The van der Waals surface area contributed by atoms with Gasteiger partial charge in [-0.25, -0.2) is 9.78 Å². The molecule has 0 unspecified atom stereocenters. The van der Waals surface area contributed by atoms with E-state index in [2.05, 4.69) is 11.8 Å². The Bertz CT molecular complexity index is 720. The van der Waals surface area contributed by atoms with Crippen molar-refractivity contribution in [3.63, 3.8) is 0 Å². The van der Waals surface area contributed by atoms with E-state index >= 15 is 0 Å². The fraction of sp³-hybridized carbons (Fsp3) is 0.789. The van der Waals surface area contributed by atoms with Gasteiger partial charge >= 0.3 is 13.2 Å². The lowest BCUT2D eigenvalue weighted by atomic mass is 9.84. The first-order valence-electron chi connectivity index (χ1n) is 9.85. The molecule has 0 atom stereocenters. The smallest absolute Gasteiger partial charge is 0.444 e. The molecule has 3 heterocycles. The number of aromatic nitrogens is 1. The van der Waals surface area contributed by atoms with E-state index in [4.69, 9.17) is 19.0 Å². The van der Waals surface area contributed by atoms with E-state index in [1.54, 1.807) is 16.2 Å². The second-order valence-electron chi connectivity index (χ2n) is 9.48. The van der Waals surface area contributed by atoms with Gasteiger partial charge in [0.2, 0.25) is 0 Å². The first kappa shape index (κ1) is 21.4. The molecule has 2 aliphatic heterocycles. The van der Waals surface area contributed by atoms with Gasteiger partial charge in [0.1, 0.15) is 5.60 Å². The second kappa shape index (κ2) is 7.18. The monoisotopic (exact) mass is 409 g/mol. The quantitative estimate of drug-likeness (QED) is 0.700. The molecular formula is C19H32BN3O4S. The van der Waals surface area contributed by atoms with Crippen LogP contribution in [0, 0.1) is 6.92 Å². The number of rotatable bonds is 2. The third-order valence-corrected chi connectivity index (χ3v) is 6.55. The first-order chi connectivity index (χ1) is 12.8. The van der Waals surface area contributed by atoms with Crippen molar-refractivity contribution in [1.29, 1.82) is 0 Å². The summed E-state index contributed by atoms with van der Waals surface area (Å²) in [4.78, 5) is 22.2. The largest absolute Gasteiger partial charge is 0.515 e. The Morgan fingerprint density at radius 2 is 1.64 bits per heavy atom. The Hall–Kier alpha value is -1.32. The minimum atomic E-state index is -0.474. The third-order valence-electron chi connectivity index (χ3n) is 5.50. The first-order valence-corrected chi connectivity index (χ1v) is 10.7. The number of thiazole rings is 1. The minimum absolute atomic E-state index is 0.250. The van der Waals surface area contributed by atoms with Crippen molar-refractivity contribution in [2.24, 2.45) is 0 Å².